The van der Waals surface area contributed by atoms with Crippen LogP contribution in [-0.2, 0) is 0 Å². The number of aliphatic hydroxyl groups excluding tert-OH is 2. The van der Waals surface area contributed by atoms with Crippen LogP contribution in [0, 0.1) is 5.82 Å². The van der Waals surface area contributed by atoms with Crippen LogP contribution < -0.4 is 10.5 Å². The van der Waals surface area contributed by atoms with E-state index in [1.807, 2.05) is 0 Å². The lowest BCUT2D eigenvalue weighted by molar-refractivity contribution is 0.0224. The molecule has 1 rings (SSSR count). The van der Waals surface area contributed by atoms with Gasteiger partial charge in [-0.2, -0.15) is 0 Å². The lowest BCUT2D eigenvalue weighted by Crippen LogP contribution is -2.27. The molecule has 4 nitrogen and oxygen atoms in total. The van der Waals surface area contributed by atoms with Crippen LogP contribution in [0.3, 0.4) is 0 Å². The van der Waals surface area contributed by atoms with Crippen molar-refractivity contribution >= 4 is 0 Å². The maximum absolute atomic E-state index is 13.0. The number of nitrogens with two attached hydrogens (primary N) is 1. The summed E-state index contributed by atoms with van der Waals surface area (Å²) in [7, 11) is 0. The monoisotopic (exact) mass is 229 g/mol. The second kappa shape index (κ2) is 5.79. The fourth-order valence-corrected chi connectivity index (χ4v) is 1.37. The number of benzene rings is 1. The Hall–Kier alpha value is -1.17. The first-order chi connectivity index (χ1) is 7.60. The van der Waals surface area contributed by atoms with Crippen LogP contribution >= 0.6 is 0 Å². The van der Waals surface area contributed by atoms with Crippen molar-refractivity contribution in [2.45, 2.75) is 19.1 Å². The first kappa shape index (κ1) is 12.9. The number of halogens is 1. The molecular weight excluding hydrogens is 213 g/mol. The van der Waals surface area contributed by atoms with E-state index in [0.717, 1.165) is 6.07 Å². The Morgan fingerprint density at radius 1 is 1.44 bits per heavy atom. The van der Waals surface area contributed by atoms with Crippen molar-refractivity contribution in [3.63, 3.8) is 0 Å². The molecule has 1 aromatic rings. The van der Waals surface area contributed by atoms with E-state index >= 15 is 0 Å². The summed E-state index contributed by atoms with van der Waals surface area (Å²) < 4.78 is 18.3. The highest BCUT2D eigenvalue weighted by molar-refractivity contribution is 5.36. The van der Waals surface area contributed by atoms with Crippen LogP contribution in [0.5, 0.6) is 5.75 Å². The lowest BCUT2D eigenvalue weighted by Gasteiger charge is -2.19. The van der Waals surface area contributed by atoms with Crippen LogP contribution in [-0.4, -0.2) is 29.5 Å². The summed E-state index contributed by atoms with van der Waals surface area (Å²) in [5.74, 6) is -0.148. The van der Waals surface area contributed by atoms with E-state index in [1.165, 1.54) is 12.1 Å². The largest absolute Gasteiger partial charge is 0.493 e. The van der Waals surface area contributed by atoms with Gasteiger partial charge in [0.2, 0.25) is 0 Å². The topological polar surface area (TPSA) is 75.7 Å². The molecule has 0 aliphatic carbocycles. The highest BCUT2D eigenvalue weighted by Gasteiger charge is 2.21. The Morgan fingerprint density at radius 3 is 2.69 bits per heavy atom. The molecule has 0 fully saturated rings. The zero-order valence-corrected chi connectivity index (χ0v) is 9.06. The van der Waals surface area contributed by atoms with E-state index in [0.29, 0.717) is 12.4 Å². The molecule has 5 heteroatoms. The summed E-state index contributed by atoms with van der Waals surface area (Å²) in [6.07, 6.45) is -2.39. The highest BCUT2D eigenvalue weighted by Crippen LogP contribution is 2.28. The second-order valence-corrected chi connectivity index (χ2v) is 3.36. The maximum Gasteiger partial charge on any atom is 0.125 e. The average Bonchev–Trinajstić information content (AvgIpc) is 2.29. The van der Waals surface area contributed by atoms with Gasteiger partial charge in [-0.05, 0) is 25.1 Å². The van der Waals surface area contributed by atoms with Gasteiger partial charge in [-0.3, -0.25) is 0 Å². The molecule has 0 saturated carbocycles. The Morgan fingerprint density at radius 2 is 2.12 bits per heavy atom. The minimum atomic E-state index is -1.25. The summed E-state index contributed by atoms with van der Waals surface area (Å²) in [5, 5.41) is 19.2. The number of rotatable bonds is 5. The van der Waals surface area contributed by atoms with Gasteiger partial charge in [-0.1, -0.05) is 0 Å². The Labute approximate surface area is 93.5 Å². The van der Waals surface area contributed by atoms with E-state index in [9.17, 15) is 14.6 Å². The summed E-state index contributed by atoms with van der Waals surface area (Å²) >= 11 is 0. The van der Waals surface area contributed by atoms with Gasteiger partial charge in [0.25, 0.3) is 0 Å². The zero-order valence-electron chi connectivity index (χ0n) is 9.06. The Bertz CT molecular complexity index is 346. The van der Waals surface area contributed by atoms with E-state index in [1.54, 1.807) is 6.92 Å². The number of aliphatic hydroxyl groups is 2. The summed E-state index contributed by atoms with van der Waals surface area (Å²) in [4.78, 5) is 0. The molecule has 2 atom stereocenters. The molecule has 0 aromatic heterocycles. The fraction of sp³-hybridized carbons (Fsp3) is 0.455. The normalized spacial score (nSPS) is 14.6. The van der Waals surface area contributed by atoms with Gasteiger partial charge >= 0.3 is 0 Å². The Balaban J connectivity index is 3.03. The standard InChI is InChI=1S/C11H16FNO3/c1-2-16-10-4-3-7(12)5-8(10)11(15)9(14)6-13/h3-5,9,11,14-15H,2,6,13H2,1H3. The molecule has 0 radical (unpaired) electrons. The molecule has 0 saturated heterocycles. The average molecular weight is 229 g/mol. The first-order valence-corrected chi connectivity index (χ1v) is 5.08. The predicted octanol–water partition coefficient (Wildman–Crippen LogP) is 0.577. The van der Waals surface area contributed by atoms with Crippen molar-refractivity contribution in [2.75, 3.05) is 13.2 Å². The number of hydrogen-bond acceptors (Lipinski definition) is 4. The van der Waals surface area contributed by atoms with Gasteiger partial charge in [0.05, 0.1) is 12.7 Å². The Kier molecular flexibility index (Phi) is 4.67. The summed E-state index contributed by atoms with van der Waals surface area (Å²) in [6.45, 7) is 2.06. The molecule has 0 spiro atoms. The van der Waals surface area contributed by atoms with Gasteiger partial charge < -0.3 is 20.7 Å². The molecule has 0 bridgehead atoms. The van der Waals surface area contributed by atoms with Crippen molar-refractivity contribution < 1.29 is 19.3 Å². The van der Waals surface area contributed by atoms with E-state index < -0.39 is 18.0 Å². The zero-order chi connectivity index (χ0) is 12.1. The molecule has 0 amide bonds. The first-order valence-electron chi connectivity index (χ1n) is 5.08. The van der Waals surface area contributed by atoms with E-state index in [2.05, 4.69) is 0 Å². The van der Waals surface area contributed by atoms with Gasteiger partial charge in [0.15, 0.2) is 0 Å². The van der Waals surface area contributed by atoms with Crippen molar-refractivity contribution in [1.82, 2.24) is 0 Å². The number of ether oxygens (including phenoxy) is 1. The second-order valence-electron chi connectivity index (χ2n) is 3.36. The third-order valence-electron chi connectivity index (χ3n) is 2.20. The molecule has 0 aliphatic heterocycles. The SMILES string of the molecule is CCOc1ccc(F)cc1C(O)C(O)CN. The molecule has 16 heavy (non-hydrogen) atoms. The summed E-state index contributed by atoms with van der Waals surface area (Å²) in [6, 6.07) is 3.78. The molecule has 2 unspecified atom stereocenters. The smallest absolute Gasteiger partial charge is 0.125 e. The minimum absolute atomic E-state index is 0.108. The van der Waals surface area contributed by atoms with Crippen molar-refractivity contribution in [3.05, 3.63) is 29.6 Å². The molecular formula is C11H16FNO3. The van der Waals surface area contributed by atoms with E-state index in [-0.39, 0.29) is 12.1 Å². The third kappa shape index (κ3) is 2.91. The van der Waals surface area contributed by atoms with Crippen molar-refractivity contribution in [1.29, 1.82) is 0 Å². The van der Waals surface area contributed by atoms with Crippen LogP contribution in [0.4, 0.5) is 4.39 Å². The predicted molar refractivity (Wildman–Crippen MR) is 57.6 cm³/mol. The van der Waals surface area contributed by atoms with Crippen LogP contribution in [0.1, 0.15) is 18.6 Å². The maximum atomic E-state index is 13.0. The molecule has 0 heterocycles. The molecule has 0 aliphatic rings. The highest BCUT2D eigenvalue weighted by atomic mass is 19.1. The molecule has 90 valence electrons. The number of hydrogen-bond donors (Lipinski definition) is 3. The summed E-state index contributed by atoms with van der Waals surface area (Å²) in [5.41, 5.74) is 5.44. The quantitative estimate of drug-likeness (QED) is 0.690. The molecule has 4 N–H and O–H groups in total. The fourth-order valence-electron chi connectivity index (χ4n) is 1.37. The van der Waals surface area contributed by atoms with E-state index in [4.69, 9.17) is 10.5 Å². The van der Waals surface area contributed by atoms with Gasteiger partial charge in [0.1, 0.15) is 17.7 Å². The van der Waals surface area contributed by atoms with Crippen LogP contribution in [0.2, 0.25) is 0 Å². The van der Waals surface area contributed by atoms with Crippen LogP contribution in [0.25, 0.3) is 0 Å². The van der Waals surface area contributed by atoms with Crippen LogP contribution in [0.15, 0.2) is 18.2 Å². The van der Waals surface area contributed by atoms with Gasteiger partial charge in [-0.15, -0.1) is 0 Å². The molecule has 1 aromatic carbocycles. The lowest BCUT2D eigenvalue weighted by atomic mass is 10.0. The third-order valence-corrected chi connectivity index (χ3v) is 2.20. The van der Waals surface area contributed by atoms with Crippen molar-refractivity contribution in [3.8, 4) is 5.75 Å². The minimum Gasteiger partial charge on any atom is -0.493 e. The van der Waals surface area contributed by atoms with Crippen molar-refractivity contribution in [2.24, 2.45) is 5.73 Å². The van der Waals surface area contributed by atoms with Gasteiger partial charge in [-0.25, -0.2) is 4.39 Å². The van der Waals surface area contributed by atoms with Gasteiger partial charge in [0, 0.05) is 12.1 Å².